The third kappa shape index (κ3) is 1.94. The second-order valence-electron chi connectivity index (χ2n) is 3.43. The van der Waals surface area contributed by atoms with Crippen molar-refractivity contribution in [2.45, 2.75) is 6.92 Å². The zero-order valence-corrected chi connectivity index (χ0v) is 9.28. The molecule has 0 bridgehead atoms. The molecular weight excluding hydrogens is 212 g/mol. The van der Waals surface area contributed by atoms with Crippen LogP contribution in [-0.4, -0.2) is 14.8 Å². The van der Waals surface area contributed by atoms with E-state index in [0.29, 0.717) is 16.8 Å². The Morgan fingerprint density at radius 3 is 2.60 bits per heavy atom. The van der Waals surface area contributed by atoms with Gasteiger partial charge in [-0.2, -0.15) is 4.98 Å². The molecule has 2 rings (SSSR count). The van der Waals surface area contributed by atoms with Gasteiger partial charge in [-0.05, 0) is 30.7 Å². The number of benzene rings is 1. The van der Waals surface area contributed by atoms with Gasteiger partial charge in [-0.25, -0.2) is 4.68 Å². The Bertz CT molecular complexity index is 464. The van der Waals surface area contributed by atoms with E-state index >= 15 is 0 Å². The van der Waals surface area contributed by atoms with Gasteiger partial charge >= 0.3 is 0 Å². The molecule has 0 saturated heterocycles. The van der Waals surface area contributed by atoms with E-state index in [9.17, 15) is 0 Å². The summed E-state index contributed by atoms with van der Waals surface area (Å²) in [6, 6.07) is 5.68. The summed E-state index contributed by atoms with van der Waals surface area (Å²) in [5, 5.41) is 4.86. The molecule has 15 heavy (non-hydrogen) atoms. The number of nitrogen functional groups attached to an aromatic ring is 1. The molecule has 1 aromatic carbocycles. The lowest BCUT2D eigenvalue weighted by atomic mass is 10.1. The first-order chi connectivity index (χ1) is 7.06. The maximum Gasteiger partial charge on any atom is 0.218 e. The molecule has 0 radical (unpaired) electrons. The molecule has 0 unspecified atom stereocenters. The number of aromatic nitrogens is 3. The van der Waals surface area contributed by atoms with Gasteiger partial charge in [0.1, 0.15) is 0 Å². The molecule has 2 aromatic rings. The molecule has 0 aliphatic carbocycles. The molecule has 0 saturated carbocycles. The SMILES string of the molecule is Cc1cc(Cl)cc(-c2nc(N)n(C)n2)c1. The van der Waals surface area contributed by atoms with Gasteiger partial charge in [0.2, 0.25) is 5.95 Å². The van der Waals surface area contributed by atoms with Crippen LogP contribution in [0.25, 0.3) is 11.4 Å². The summed E-state index contributed by atoms with van der Waals surface area (Å²) in [7, 11) is 1.75. The van der Waals surface area contributed by atoms with E-state index in [1.807, 2.05) is 25.1 Å². The van der Waals surface area contributed by atoms with Gasteiger partial charge in [-0.3, -0.25) is 0 Å². The normalized spacial score (nSPS) is 10.6. The van der Waals surface area contributed by atoms with Crippen LogP contribution in [0.2, 0.25) is 5.02 Å². The monoisotopic (exact) mass is 222 g/mol. The molecule has 2 N–H and O–H groups in total. The van der Waals surface area contributed by atoms with E-state index in [1.54, 1.807) is 7.05 Å². The minimum Gasteiger partial charge on any atom is -0.368 e. The first-order valence-electron chi connectivity index (χ1n) is 4.50. The van der Waals surface area contributed by atoms with E-state index in [0.717, 1.165) is 11.1 Å². The van der Waals surface area contributed by atoms with Crippen molar-refractivity contribution in [1.82, 2.24) is 14.8 Å². The summed E-state index contributed by atoms with van der Waals surface area (Å²) in [6.07, 6.45) is 0. The van der Waals surface area contributed by atoms with Gasteiger partial charge in [-0.15, -0.1) is 5.10 Å². The molecule has 1 aromatic heterocycles. The molecule has 5 heteroatoms. The van der Waals surface area contributed by atoms with E-state index in [1.165, 1.54) is 4.68 Å². The number of nitrogens with two attached hydrogens (primary N) is 1. The fraction of sp³-hybridized carbons (Fsp3) is 0.200. The van der Waals surface area contributed by atoms with Crippen molar-refractivity contribution in [2.24, 2.45) is 7.05 Å². The van der Waals surface area contributed by atoms with E-state index in [-0.39, 0.29) is 0 Å². The number of rotatable bonds is 1. The van der Waals surface area contributed by atoms with Crippen molar-refractivity contribution >= 4 is 17.5 Å². The molecule has 0 aliphatic heterocycles. The minimum absolute atomic E-state index is 0.391. The highest BCUT2D eigenvalue weighted by atomic mass is 35.5. The number of anilines is 1. The van der Waals surface area contributed by atoms with Crippen LogP contribution in [0.4, 0.5) is 5.95 Å². The molecule has 1 heterocycles. The molecule has 0 aliphatic rings. The summed E-state index contributed by atoms with van der Waals surface area (Å²) >= 11 is 5.95. The summed E-state index contributed by atoms with van der Waals surface area (Å²) in [6.45, 7) is 1.97. The van der Waals surface area contributed by atoms with E-state index in [4.69, 9.17) is 17.3 Å². The van der Waals surface area contributed by atoms with Crippen LogP contribution in [0, 0.1) is 6.92 Å². The summed E-state index contributed by atoms with van der Waals surface area (Å²) in [5.74, 6) is 0.989. The molecule has 0 amide bonds. The van der Waals surface area contributed by atoms with Crippen molar-refractivity contribution < 1.29 is 0 Å². The highest BCUT2D eigenvalue weighted by Crippen LogP contribution is 2.22. The first kappa shape index (κ1) is 9.98. The minimum atomic E-state index is 0.391. The Morgan fingerprint density at radius 1 is 1.33 bits per heavy atom. The maximum absolute atomic E-state index is 5.95. The van der Waals surface area contributed by atoms with Crippen LogP contribution in [0.1, 0.15) is 5.56 Å². The summed E-state index contributed by atoms with van der Waals surface area (Å²) in [4.78, 5) is 4.13. The first-order valence-corrected chi connectivity index (χ1v) is 4.88. The third-order valence-electron chi connectivity index (χ3n) is 2.10. The van der Waals surface area contributed by atoms with Crippen LogP contribution in [0.5, 0.6) is 0 Å². The average molecular weight is 223 g/mol. The Labute approximate surface area is 92.7 Å². The topological polar surface area (TPSA) is 56.7 Å². The molecule has 0 atom stereocenters. The molecule has 0 spiro atoms. The number of hydrogen-bond donors (Lipinski definition) is 1. The smallest absolute Gasteiger partial charge is 0.218 e. The lowest BCUT2D eigenvalue weighted by Gasteiger charge is -1.98. The van der Waals surface area contributed by atoms with Crippen LogP contribution in [0.3, 0.4) is 0 Å². The Kier molecular flexibility index (Phi) is 2.36. The van der Waals surface area contributed by atoms with Crippen molar-refractivity contribution in [3.8, 4) is 11.4 Å². The van der Waals surface area contributed by atoms with Gasteiger partial charge in [0.25, 0.3) is 0 Å². The highest BCUT2D eigenvalue weighted by Gasteiger charge is 2.07. The quantitative estimate of drug-likeness (QED) is 0.803. The van der Waals surface area contributed by atoms with Crippen LogP contribution in [0.15, 0.2) is 18.2 Å². The van der Waals surface area contributed by atoms with Crippen molar-refractivity contribution in [2.75, 3.05) is 5.73 Å². The highest BCUT2D eigenvalue weighted by molar-refractivity contribution is 6.30. The van der Waals surface area contributed by atoms with Gasteiger partial charge in [-0.1, -0.05) is 11.6 Å². The second kappa shape index (κ2) is 3.55. The summed E-state index contributed by atoms with van der Waals surface area (Å²) in [5.41, 5.74) is 7.56. The second-order valence-corrected chi connectivity index (χ2v) is 3.87. The van der Waals surface area contributed by atoms with Gasteiger partial charge in [0.05, 0.1) is 0 Å². The van der Waals surface area contributed by atoms with Crippen LogP contribution in [-0.2, 0) is 7.05 Å². The zero-order chi connectivity index (χ0) is 11.0. The van der Waals surface area contributed by atoms with Gasteiger partial charge < -0.3 is 5.73 Å². The van der Waals surface area contributed by atoms with Crippen molar-refractivity contribution in [3.05, 3.63) is 28.8 Å². The van der Waals surface area contributed by atoms with E-state index in [2.05, 4.69) is 10.1 Å². The van der Waals surface area contributed by atoms with Crippen molar-refractivity contribution in [3.63, 3.8) is 0 Å². The number of aryl methyl sites for hydroxylation is 2. The predicted octanol–water partition coefficient (Wildman–Crippen LogP) is 2.03. The Morgan fingerprint density at radius 2 is 2.07 bits per heavy atom. The lowest BCUT2D eigenvalue weighted by molar-refractivity contribution is 0.781. The largest absolute Gasteiger partial charge is 0.368 e. The lowest BCUT2D eigenvalue weighted by Crippen LogP contribution is -1.97. The molecule has 0 fully saturated rings. The number of hydrogen-bond acceptors (Lipinski definition) is 3. The fourth-order valence-electron chi connectivity index (χ4n) is 1.38. The summed E-state index contributed by atoms with van der Waals surface area (Å²) < 4.78 is 1.53. The third-order valence-corrected chi connectivity index (χ3v) is 2.32. The number of nitrogens with zero attached hydrogens (tertiary/aromatic N) is 3. The van der Waals surface area contributed by atoms with Gasteiger partial charge in [0, 0.05) is 17.6 Å². The molecule has 4 nitrogen and oxygen atoms in total. The Balaban J connectivity index is 2.53. The van der Waals surface area contributed by atoms with E-state index < -0.39 is 0 Å². The standard InChI is InChI=1S/C10H11ClN4/c1-6-3-7(5-8(11)4-6)9-13-10(12)15(2)14-9/h3-5H,1-2H3,(H2,12,13,14). The molecular formula is C10H11ClN4. The average Bonchev–Trinajstić information content (AvgIpc) is 2.45. The predicted molar refractivity (Wildman–Crippen MR) is 60.6 cm³/mol. The Hall–Kier alpha value is -1.55. The van der Waals surface area contributed by atoms with Gasteiger partial charge in [0.15, 0.2) is 5.82 Å². The molecule has 78 valence electrons. The zero-order valence-electron chi connectivity index (χ0n) is 8.53. The fourth-order valence-corrected chi connectivity index (χ4v) is 1.67. The maximum atomic E-state index is 5.95. The van der Waals surface area contributed by atoms with Crippen molar-refractivity contribution in [1.29, 1.82) is 0 Å². The van der Waals surface area contributed by atoms with Crippen LogP contribution >= 0.6 is 11.6 Å². The van der Waals surface area contributed by atoms with Crippen LogP contribution < -0.4 is 5.73 Å². The number of halogens is 1.